The Balaban J connectivity index is 1.65. The molecule has 0 aliphatic heterocycles. The van der Waals surface area contributed by atoms with E-state index < -0.39 is 6.17 Å². The van der Waals surface area contributed by atoms with Gasteiger partial charge in [-0.2, -0.15) is 10.1 Å². The number of nitrogens with one attached hydrogen (secondary N) is 2. The first-order chi connectivity index (χ1) is 12.6. The van der Waals surface area contributed by atoms with Gasteiger partial charge in [-0.1, -0.05) is 11.6 Å². The number of aryl methyl sites for hydroxylation is 1. The number of ether oxygens (including phenoxy) is 1. The van der Waals surface area contributed by atoms with E-state index in [1.165, 1.54) is 7.11 Å². The lowest BCUT2D eigenvalue weighted by Gasteiger charge is -2.15. The van der Waals surface area contributed by atoms with Crippen molar-refractivity contribution in [2.75, 3.05) is 12.4 Å². The zero-order valence-corrected chi connectivity index (χ0v) is 14.9. The number of hydrogen-bond donors (Lipinski definition) is 2. The van der Waals surface area contributed by atoms with Gasteiger partial charge in [0.2, 0.25) is 5.95 Å². The van der Waals surface area contributed by atoms with Gasteiger partial charge in [0.1, 0.15) is 6.17 Å². The third-order valence-corrected chi connectivity index (χ3v) is 4.66. The van der Waals surface area contributed by atoms with E-state index in [9.17, 15) is 4.39 Å². The zero-order valence-electron chi connectivity index (χ0n) is 14.1. The van der Waals surface area contributed by atoms with Crippen LogP contribution in [0.1, 0.15) is 12.2 Å². The molecule has 1 atom stereocenters. The van der Waals surface area contributed by atoms with Crippen molar-refractivity contribution in [3.05, 3.63) is 47.1 Å². The molecule has 0 bridgehead atoms. The summed E-state index contributed by atoms with van der Waals surface area (Å²) < 4.78 is 21.1. The molecule has 2 N–H and O–H groups in total. The fourth-order valence-corrected chi connectivity index (χ4v) is 3.08. The van der Waals surface area contributed by atoms with E-state index in [4.69, 9.17) is 16.3 Å². The smallest absolute Gasteiger partial charge is 0.225 e. The largest absolute Gasteiger partial charge is 0.501 e. The Kier molecular flexibility index (Phi) is 4.12. The van der Waals surface area contributed by atoms with Gasteiger partial charge in [0.25, 0.3) is 0 Å². The Morgan fingerprint density at radius 3 is 3.00 bits per heavy atom. The van der Waals surface area contributed by atoms with Gasteiger partial charge < -0.3 is 10.1 Å². The molecule has 7 nitrogen and oxygen atoms in total. The maximum Gasteiger partial charge on any atom is 0.225 e. The van der Waals surface area contributed by atoms with E-state index in [0.29, 0.717) is 33.8 Å². The molecule has 0 spiro atoms. The number of alkyl halides is 1. The Labute approximate surface area is 153 Å². The minimum absolute atomic E-state index is 0.173. The molecule has 2 aromatic heterocycles. The number of fused-ring (bicyclic) bond motifs is 1. The van der Waals surface area contributed by atoms with Crippen molar-refractivity contribution < 1.29 is 9.13 Å². The topological polar surface area (TPSA) is 80.6 Å². The molecule has 0 radical (unpaired) electrons. The molecule has 3 aromatic rings. The first-order valence-electron chi connectivity index (χ1n) is 7.95. The third kappa shape index (κ3) is 2.82. The quantitative estimate of drug-likeness (QED) is 0.727. The number of aromatic amines is 1. The summed E-state index contributed by atoms with van der Waals surface area (Å²) in [5.41, 5.74) is 1.93. The summed E-state index contributed by atoms with van der Waals surface area (Å²) in [4.78, 5) is 4.42. The Bertz CT molecular complexity index is 1040. The minimum atomic E-state index is -1.21. The fraction of sp³-hybridized carbons (Fsp3) is 0.235. The summed E-state index contributed by atoms with van der Waals surface area (Å²) in [7, 11) is 3.26. The van der Waals surface area contributed by atoms with Crippen LogP contribution in [0.15, 0.2) is 36.2 Å². The molecule has 26 heavy (non-hydrogen) atoms. The number of aromatic nitrogens is 5. The summed E-state index contributed by atoms with van der Waals surface area (Å²) in [6.45, 7) is 0. The average molecular weight is 375 g/mol. The molecule has 1 aliphatic carbocycles. The second-order valence-corrected chi connectivity index (χ2v) is 6.27. The predicted molar refractivity (Wildman–Crippen MR) is 98.0 cm³/mol. The maximum absolute atomic E-state index is 14.4. The van der Waals surface area contributed by atoms with Crippen molar-refractivity contribution in [1.29, 1.82) is 0 Å². The molecular weight excluding hydrogens is 359 g/mol. The monoisotopic (exact) mass is 374 g/mol. The van der Waals surface area contributed by atoms with Crippen LogP contribution >= 0.6 is 11.6 Å². The van der Waals surface area contributed by atoms with Crippen LogP contribution in [0.5, 0.6) is 0 Å². The van der Waals surface area contributed by atoms with Crippen molar-refractivity contribution in [1.82, 2.24) is 25.0 Å². The summed E-state index contributed by atoms with van der Waals surface area (Å²) in [5.74, 6) is 1.38. The van der Waals surface area contributed by atoms with Gasteiger partial charge in [-0.25, -0.2) is 9.07 Å². The molecule has 0 fully saturated rings. The van der Waals surface area contributed by atoms with Crippen LogP contribution in [-0.4, -0.2) is 38.2 Å². The van der Waals surface area contributed by atoms with Gasteiger partial charge in [0, 0.05) is 24.4 Å². The highest BCUT2D eigenvalue weighted by Crippen LogP contribution is 2.33. The van der Waals surface area contributed by atoms with Gasteiger partial charge in [0.15, 0.2) is 5.82 Å². The Morgan fingerprint density at radius 2 is 2.23 bits per heavy atom. The van der Waals surface area contributed by atoms with Crippen molar-refractivity contribution >= 4 is 39.7 Å². The molecule has 2 heterocycles. The highest BCUT2D eigenvalue weighted by Gasteiger charge is 2.24. The number of rotatable bonds is 4. The molecule has 0 saturated carbocycles. The first kappa shape index (κ1) is 16.6. The minimum Gasteiger partial charge on any atom is -0.501 e. The van der Waals surface area contributed by atoms with E-state index in [-0.39, 0.29) is 6.42 Å². The van der Waals surface area contributed by atoms with E-state index in [2.05, 4.69) is 25.6 Å². The van der Waals surface area contributed by atoms with Crippen LogP contribution < -0.4 is 5.32 Å². The van der Waals surface area contributed by atoms with E-state index in [1.54, 1.807) is 30.1 Å². The normalized spacial score (nSPS) is 17.2. The molecule has 134 valence electrons. The maximum atomic E-state index is 14.4. The Morgan fingerprint density at radius 1 is 1.38 bits per heavy atom. The number of H-pyrrole nitrogens is 1. The fourth-order valence-electron chi connectivity index (χ4n) is 2.82. The van der Waals surface area contributed by atoms with Crippen LogP contribution in [0, 0.1) is 0 Å². The van der Waals surface area contributed by atoms with Crippen LogP contribution in [0.4, 0.5) is 16.0 Å². The summed E-state index contributed by atoms with van der Waals surface area (Å²) >= 11 is 6.42. The number of benzene rings is 1. The van der Waals surface area contributed by atoms with Crippen LogP contribution in [-0.2, 0) is 11.8 Å². The first-order valence-corrected chi connectivity index (χ1v) is 8.33. The van der Waals surface area contributed by atoms with Gasteiger partial charge in [-0.3, -0.25) is 5.10 Å². The number of hydrogen-bond acceptors (Lipinski definition) is 5. The SMILES string of the molecule is COC1=CC=C(c2nc(Nc3ccc4[nH]ncc4c3Cl)n(C)n2)C(F)C1. The highest BCUT2D eigenvalue weighted by molar-refractivity contribution is 6.38. The van der Waals surface area contributed by atoms with Gasteiger partial charge in [-0.05, 0) is 24.3 Å². The van der Waals surface area contributed by atoms with Crippen LogP contribution in [0.25, 0.3) is 16.5 Å². The van der Waals surface area contributed by atoms with E-state index in [0.717, 1.165) is 10.9 Å². The second-order valence-electron chi connectivity index (χ2n) is 5.90. The highest BCUT2D eigenvalue weighted by atomic mass is 35.5. The lowest BCUT2D eigenvalue weighted by molar-refractivity contribution is 0.250. The number of methoxy groups -OCH3 is 1. The van der Waals surface area contributed by atoms with Gasteiger partial charge >= 0.3 is 0 Å². The van der Waals surface area contributed by atoms with Crippen LogP contribution in [0.3, 0.4) is 0 Å². The summed E-state index contributed by atoms with van der Waals surface area (Å²) in [6.07, 6.45) is 4.00. The molecule has 1 unspecified atom stereocenters. The zero-order chi connectivity index (χ0) is 18.3. The number of anilines is 2. The van der Waals surface area contributed by atoms with E-state index in [1.807, 2.05) is 12.1 Å². The summed E-state index contributed by atoms with van der Waals surface area (Å²) in [5, 5.41) is 15.6. The molecule has 1 aromatic carbocycles. The lowest BCUT2D eigenvalue weighted by atomic mass is 10.0. The van der Waals surface area contributed by atoms with Crippen molar-refractivity contribution in [3.8, 4) is 0 Å². The van der Waals surface area contributed by atoms with Crippen molar-refractivity contribution in [2.45, 2.75) is 12.6 Å². The lowest BCUT2D eigenvalue weighted by Crippen LogP contribution is -2.11. The molecule has 0 amide bonds. The third-order valence-electron chi connectivity index (χ3n) is 4.25. The second kappa shape index (κ2) is 6.45. The molecular formula is C17H16ClFN6O. The van der Waals surface area contributed by atoms with Crippen molar-refractivity contribution in [2.24, 2.45) is 7.05 Å². The number of nitrogens with zero attached hydrogens (tertiary/aromatic N) is 4. The van der Waals surface area contributed by atoms with Crippen LogP contribution in [0.2, 0.25) is 5.02 Å². The van der Waals surface area contributed by atoms with Gasteiger partial charge in [-0.15, -0.1) is 5.10 Å². The molecule has 1 aliphatic rings. The molecule has 4 rings (SSSR count). The standard InChI is InChI=1S/C17H16ClFN6O/c1-25-17(21-14-6-5-13-11(15(14)18)8-20-23-13)22-16(24-25)10-4-3-9(26-2)7-12(10)19/h3-6,8,12H,7H2,1-2H3,(H,20,23)(H,21,22,24). The average Bonchev–Trinajstić information content (AvgIpc) is 3.24. The Hall–Kier alpha value is -2.87. The molecule has 0 saturated heterocycles. The molecule has 9 heteroatoms. The predicted octanol–water partition coefficient (Wildman–Crippen LogP) is 3.74. The summed E-state index contributed by atoms with van der Waals surface area (Å²) in [6, 6.07) is 3.69. The van der Waals surface area contributed by atoms with Gasteiger partial charge in [0.05, 0.1) is 35.3 Å². The number of allylic oxidation sites excluding steroid dienone is 4. The van der Waals surface area contributed by atoms with Crippen molar-refractivity contribution in [3.63, 3.8) is 0 Å². The van der Waals surface area contributed by atoms with E-state index >= 15 is 0 Å². The number of halogens is 2.